The molecule has 1 aliphatic carbocycles. The van der Waals surface area contributed by atoms with Crippen LogP contribution in [0.5, 0.6) is 0 Å². The highest BCUT2D eigenvalue weighted by Crippen LogP contribution is 2.24. The van der Waals surface area contributed by atoms with Crippen LogP contribution in [0.1, 0.15) is 121 Å². The van der Waals surface area contributed by atoms with Crippen LogP contribution in [0.15, 0.2) is 170 Å². The second kappa shape index (κ2) is 24.1. The van der Waals surface area contributed by atoms with Gasteiger partial charge in [-0.25, -0.2) is 13.7 Å². The van der Waals surface area contributed by atoms with Gasteiger partial charge >= 0.3 is 0 Å². The fourth-order valence-electron chi connectivity index (χ4n) is 9.14. The lowest BCUT2D eigenvalue weighted by atomic mass is 9.90. The van der Waals surface area contributed by atoms with Crippen molar-refractivity contribution in [3.8, 4) is 0 Å². The molecule has 3 aromatic carbocycles. The number of rotatable bonds is 24. The molecule has 3 nitrogen and oxygen atoms in total. The molecule has 0 radical (unpaired) electrons. The van der Waals surface area contributed by atoms with E-state index in [-0.39, 0.29) is 0 Å². The van der Waals surface area contributed by atoms with Crippen LogP contribution in [0.25, 0.3) is 0 Å². The molecule has 61 heavy (non-hydrogen) atoms. The summed E-state index contributed by atoms with van der Waals surface area (Å²) < 4.78 is 7.20. The van der Waals surface area contributed by atoms with Crippen molar-refractivity contribution < 1.29 is 13.7 Å². The minimum atomic E-state index is 0.991. The lowest BCUT2D eigenvalue weighted by molar-refractivity contribution is -0.697. The average Bonchev–Trinajstić information content (AvgIpc) is 3.28. The summed E-state index contributed by atoms with van der Waals surface area (Å²) in [5, 5.41) is 0. The zero-order chi connectivity index (χ0) is 41.7. The number of unbranched alkanes of at least 4 members (excludes halogenated alkanes) is 6. The Balaban J connectivity index is 0.900. The molecule has 0 amide bonds. The molecule has 3 aromatic heterocycles. The number of aryl methyl sites for hydroxylation is 7. The van der Waals surface area contributed by atoms with Gasteiger partial charge in [0.15, 0.2) is 37.2 Å². The smallest absolute Gasteiger partial charge is 0.172 e. The average molecular weight is 809 g/mol. The third-order valence-electron chi connectivity index (χ3n) is 12.5. The highest BCUT2D eigenvalue weighted by Gasteiger charge is 2.12. The number of nitrogens with zero attached hydrogens (tertiary/aromatic N) is 3. The zero-order valence-corrected chi connectivity index (χ0v) is 37.1. The molecule has 0 bridgehead atoms. The summed E-state index contributed by atoms with van der Waals surface area (Å²) in [7, 11) is 0. The number of pyridine rings is 3. The van der Waals surface area contributed by atoms with Gasteiger partial charge in [0, 0.05) is 67.0 Å². The van der Waals surface area contributed by atoms with Crippen LogP contribution in [0, 0.1) is 6.92 Å². The Morgan fingerprint density at radius 1 is 0.426 bits per heavy atom. The summed E-state index contributed by atoms with van der Waals surface area (Å²) in [5.41, 5.74) is 14.8. The molecule has 0 fully saturated rings. The molecule has 7 rings (SSSR count). The van der Waals surface area contributed by atoms with E-state index in [1.807, 2.05) is 0 Å². The largest absolute Gasteiger partial charge is 0.205 e. The van der Waals surface area contributed by atoms with Gasteiger partial charge < -0.3 is 0 Å². The molecule has 3 heteroatoms. The van der Waals surface area contributed by atoms with E-state index < -0.39 is 0 Å². The van der Waals surface area contributed by atoms with E-state index in [9.17, 15) is 0 Å². The van der Waals surface area contributed by atoms with E-state index in [0.29, 0.717) is 0 Å². The summed E-state index contributed by atoms with van der Waals surface area (Å²) in [6, 6.07) is 40.3. The quantitative estimate of drug-likeness (QED) is 0.0426. The normalized spacial score (nSPS) is 12.4. The van der Waals surface area contributed by atoms with Crippen molar-refractivity contribution in [2.45, 2.75) is 136 Å². The summed E-state index contributed by atoms with van der Waals surface area (Å²) >= 11 is 0. The number of benzene rings is 3. The lowest BCUT2D eigenvalue weighted by Gasteiger charge is -2.15. The molecule has 3 heterocycles. The van der Waals surface area contributed by atoms with Crippen LogP contribution in [0.4, 0.5) is 0 Å². The molecule has 6 aromatic rings. The summed E-state index contributed by atoms with van der Waals surface area (Å²) in [4.78, 5) is 0. The van der Waals surface area contributed by atoms with Crippen LogP contribution >= 0.6 is 0 Å². The molecule has 0 N–H and O–H groups in total. The van der Waals surface area contributed by atoms with Gasteiger partial charge in [-0.2, -0.15) is 0 Å². The second-order valence-corrected chi connectivity index (χ2v) is 17.6. The molecule has 0 spiro atoms. The Bertz CT molecular complexity index is 2290. The van der Waals surface area contributed by atoms with E-state index in [1.54, 1.807) is 22.3 Å². The van der Waals surface area contributed by atoms with E-state index >= 15 is 0 Å². The van der Waals surface area contributed by atoms with Crippen molar-refractivity contribution in [3.63, 3.8) is 0 Å². The summed E-state index contributed by atoms with van der Waals surface area (Å²) in [6.45, 7) is 5.63. The van der Waals surface area contributed by atoms with Gasteiger partial charge in [0.25, 0.3) is 0 Å². The van der Waals surface area contributed by atoms with Crippen molar-refractivity contribution in [1.82, 2.24) is 0 Å². The van der Waals surface area contributed by atoms with Crippen molar-refractivity contribution in [2.75, 3.05) is 0 Å². The van der Waals surface area contributed by atoms with Crippen LogP contribution in [0.2, 0.25) is 0 Å². The first-order chi connectivity index (χ1) is 30.1. The number of allylic oxidation sites excluding steroid dienone is 4. The Labute approximate surface area is 368 Å². The standard InChI is InChI=1S/C58H70N3/c1-49-41-57(33-15-6-18-36-60-39-21-30-54(47-60)43-51-25-10-3-11-26-51)58(34-16-7-19-37-61-40-22-31-55(48-61)44-52-27-12-4-13-28-52)45-56(49)32-14-5-17-35-59-38-20-29-53(46-59)42-50-23-8-2-9-24-50/h2-4,8-10,12-13,20-25,27-31,38-41,45-48H,5-7,11,14-19,26,32-37,42-44H2,1H3/q+3. The molecular formula is C58H70N3+3. The third-order valence-corrected chi connectivity index (χ3v) is 12.5. The Morgan fingerprint density at radius 2 is 0.869 bits per heavy atom. The van der Waals surface area contributed by atoms with Gasteiger partial charge in [-0.1, -0.05) is 96.6 Å². The Hall–Kier alpha value is -5.41. The molecule has 0 saturated carbocycles. The van der Waals surface area contributed by atoms with Crippen LogP contribution in [-0.2, 0) is 58.2 Å². The van der Waals surface area contributed by atoms with Crippen molar-refractivity contribution in [2.24, 2.45) is 0 Å². The van der Waals surface area contributed by atoms with Crippen LogP contribution in [-0.4, -0.2) is 0 Å². The van der Waals surface area contributed by atoms with E-state index in [4.69, 9.17) is 0 Å². The maximum Gasteiger partial charge on any atom is 0.172 e. The number of hydrogen-bond donors (Lipinski definition) is 0. The predicted octanol–water partition coefficient (Wildman–Crippen LogP) is 12.1. The number of aromatic nitrogens is 3. The van der Waals surface area contributed by atoms with E-state index in [2.05, 4.69) is 185 Å². The summed E-state index contributed by atoms with van der Waals surface area (Å²) in [6.07, 6.45) is 40.8. The minimum absolute atomic E-state index is 0.991. The monoisotopic (exact) mass is 809 g/mol. The molecule has 0 aliphatic heterocycles. The zero-order valence-electron chi connectivity index (χ0n) is 37.1. The topological polar surface area (TPSA) is 11.6 Å². The van der Waals surface area contributed by atoms with Gasteiger partial charge in [-0.15, -0.1) is 0 Å². The van der Waals surface area contributed by atoms with Gasteiger partial charge in [-0.05, 0) is 136 Å². The fraction of sp³-hybridized carbons (Fsp3) is 0.362. The molecule has 1 aliphatic rings. The van der Waals surface area contributed by atoms with Gasteiger partial charge in [0.2, 0.25) is 0 Å². The van der Waals surface area contributed by atoms with Crippen molar-refractivity contribution in [1.29, 1.82) is 0 Å². The molecule has 314 valence electrons. The summed E-state index contributed by atoms with van der Waals surface area (Å²) in [5.74, 6) is 0. The molecular weight excluding hydrogens is 739 g/mol. The molecule has 0 atom stereocenters. The van der Waals surface area contributed by atoms with Crippen molar-refractivity contribution >= 4 is 0 Å². The first-order valence-electron chi connectivity index (χ1n) is 23.6. The van der Waals surface area contributed by atoms with E-state index in [0.717, 1.165) is 38.9 Å². The Kier molecular flexibility index (Phi) is 17.3. The third kappa shape index (κ3) is 14.9. The predicted molar refractivity (Wildman–Crippen MR) is 252 cm³/mol. The first kappa shape index (κ1) is 43.7. The van der Waals surface area contributed by atoms with Gasteiger partial charge in [0.05, 0.1) is 0 Å². The molecule has 0 saturated heterocycles. The first-order valence-corrected chi connectivity index (χ1v) is 23.6. The highest BCUT2D eigenvalue weighted by atomic mass is 14.9. The lowest BCUT2D eigenvalue weighted by Crippen LogP contribution is -2.33. The van der Waals surface area contributed by atoms with Crippen molar-refractivity contribution in [3.05, 3.63) is 220 Å². The minimum Gasteiger partial charge on any atom is -0.205 e. The maximum atomic E-state index is 2.62. The molecule has 0 unspecified atom stereocenters. The van der Waals surface area contributed by atoms with E-state index in [1.165, 1.54) is 123 Å². The van der Waals surface area contributed by atoms with Gasteiger partial charge in [0.1, 0.15) is 19.6 Å². The SMILES string of the molecule is Cc1cc(CCCCC[n+]2cccc(CC3=CC=CCC3)c2)c(CCCCC[n+]2cccc(Cc3ccccc3)c2)cc1CCCCC[n+]1cccc(Cc2ccccc2)c1. The fourth-order valence-corrected chi connectivity index (χ4v) is 9.14. The van der Waals surface area contributed by atoms with Gasteiger partial charge in [-0.3, -0.25) is 0 Å². The Morgan fingerprint density at radius 3 is 1.34 bits per heavy atom. The highest BCUT2D eigenvalue weighted by molar-refractivity contribution is 5.38. The van der Waals surface area contributed by atoms with Crippen LogP contribution < -0.4 is 13.7 Å². The van der Waals surface area contributed by atoms with Crippen LogP contribution in [0.3, 0.4) is 0 Å². The maximum absolute atomic E-state index is 2.62. The number of hydrogen-bond acceptors (Lipinski definition) is 0. The second-order valence-electron chi connectivity index (χ2n) is 17.6.